The zero-order valence-electron chi connectivity index (χ0n) is 12.9. The predicted octanol–water partition coefficient (Wildman–Crippen LogP) is 2.00. The number of fused-ring (bicyclic) bond motifs is 2. The van der Waals surface area contributed by atoms with Crippen molar-refractivity contribution in [3.63, 3.8) is 0 Å². The lowest BCUT2D eigenvalue weighted by Gasteiger charge is -2.26. The molecule has 0 saturated carbocycles. The predicted molar refractivity (Wildman–Crippen MR) is 81.2 cm³/mol. The average molecular weight is 341 g/mol. The molecule has 0 radical (unpaired) electrons. The van der Waals surface area contributed by atoms with Crippen LogP contribution in [0.4, 0.5) is 18.9 Å². The summed E-state index contributed by atoms with van der Waals surface area (Å²) in [4.78, 5) is 25.8. The highest BCUT2D eigenvalue weighted by Gasteiger charge is 2.38. The lowest BCUT2D eigenvalue weighted by atomic mass is 10.1. The van der Waals surface area contributed by atoms with Crippen LogP contribution >= 0.6 is 0 Å². The molecule has 2 heterocycles. The Morgan fingerprint density at radius 3 is 2.79 bits per heavy atom. The van der Waals surface area contributed by atoms with Crippen molar-refractivity contribution in [1.82, 2.24) is 10.2 Å². The van der Waals surface area contributed by atoms with Crippen LogP contribution in [0.2, 0.25) is 0 Å². The standard InChI is InChI=1S/C16H18F3N3O2/c17-16(18,19)10-2-1-3-11(6-10)21-15(24)9-22-12-4-5-13(22)8-20-14(23)7-12/h1-3,6,12-13H,4-5,7-9H2,(H,20,23)(H,21,24). The van der Waals surface area contributed by atoms with Gasteiger partial charge in [-0.1, -0.05) is 6.07 Å². The number of rotatable bonds is 3. The second-order valence-electron chi connectivity index (χ2n) is 6.19. The van der Waals surface area contributed by atoms with Gasteiger partial charge in [-0.2, -0.15) is 13.2 Å². The van der Waals surface area contributed by atoms with E-state index in [9.17, 15) is 22.8 Å². The van der Waals surface area contributed by atoms with Crippen molar-refractivity contribution in [3.8, 4) is 0 Å². The Morgan fingerprint density at radius 1 is 1.29 bits per heavy atom. The van der Waals surface area contributed by atoms with E-state index in [0.717, 1.165) is 25.0 Å². The maximum Gasteiger partial charge on any atom is 0.416 e. The van der Waals surface area contributed by atoms with E-state index in [4.69, 9.17) is 0 Å². The summed E-state index contributed by atoms with van der Waals surface area (Å²) in [6.45, 7) is 0.576. The second-order valence-corrected chi connectivity index (χ2v) is 6.19. The van der Waals surface area contributed by atoms with Crippen LogP contribution in [0.25, 0.3) is 0 Å². The first-order chi connectivity index (χ1) is 11.3. The molecule has 3 rings (SSSR count). The Balaban J connectivity index is 1.65. The molecule has 2 unspecified atom stereocenters. The number of halogens is 3. The fourth-order valence-electron chi connectivity index (χ4n) is 3.37. The van der Waals surface area contributed by atoms with Crippen molar-refractivity contribution < 1.29 is 22.8 Å². The third kappa shape index (κ3) is 3.69. The van der Waals surface area contributed by atoms with E-state index in [1.54, 1.807) is 0 Å². The van der Waals surface area contributed by atoms with Crippen molar-refractivity contribution >= 4 is 17.5 Å². The fraction of sp³-hybridized carbons (Fsp3) is 0.500. The van der Waals surface area contributed by atoms with Gasteiger partial charge in [-0.05, 0) is 31.0 Å². The van der Waals surface area contributed by atoms with Gasteiger partial charge in [0, 0.05) is 30.7 Å². The number of benzene rings is 1. The first-order valence-electron chi connectivity index (χ1n) is 7.82. The van der Waals surface area contributed by atoms with E-state index >= 15 is 0 Å². The van der Waals surface area contributed by atoms with Gasteiger partial charge in [0.05, 0.1) is 12.1 Å². The molecule has 5 nitrogen and oxygen atoms in total. The number of carbonyl (C=O) groups excluding carboxylic acids is 2. The van der Waals surface area contributed by atoms with Crippen LogP contribution in [0.1, 0.15) is 24.8 Å². The quantitative estimate of drug-likeness (QED) is 0.884. The molecule has 0 spiro atoms. The summed E-state index contributed by atoms with van der Waals surface area (Å²) in [6.07, 6.45) is -2.33. The Hall–Kier alpha value is -2.09. The molecule has 1 aromatic rings. The Bertz CT molecular complexity index is 648. The molecular weight excluding hydrogens is 323 g/mol. The third-order valence-corrected chi connectivity index (χ3v) is 4.53. The Morgan fingerprint density at radius 2 is 2.04 bits per heavy atom. The van der Waals surface area contributed by atoms with E-state index < -0.39 is 11.7 Å². The maximum atomic E-state index is 12.7. The Kier molecular flexibility index (Phi) is 4.49. The monoisotopic (exact) mass is 341 g/mol. The van der Waals surface area contributed by atoms with Gasteiger partial charge in [0.1, 0.15) is 0 Å². The maximum absolute atomic E-state index is 12.7. The van der Waals surface area contributed by atoms with Crippen molar-refractivity contribution in [3.05, 3.63) is 29.8 Å². The summed E-state index contributed by atoms with van der Waals surface area (Å²) >= 11 is 0. The molecule has 2 N–H and O–H groups in total. The third-order valence-electron chi connectivity index (χ3n) is 4.53. The lowest BCUT2D eigenvalue weighted by Crippen LogP contribution is -2.42. The van der Waals surface area contributed by atoms with Gasteiger partial charge in [0.15, 0.2) is 0 Å². The number of hydrogen-bond acceptors (Lipinski definition) is 3. The van der Waals surface area contributed by atoms with E-state index in [-0.39, 0.29) is 36.1 Å². The summed E-state index contributed by atoms with van der Waals surface area (Å²) in [5.74, 6) is -0.397. The minimum Gasteiger partial charge on any atom is -0.354 e. The van der Waals surface area contributed by atoms with Crippen LogP contribution in [0.3, 0.4) is 0 Å². The highest BCUT2D eigenvalue weighted by molar-refractivity contribution is 5.92. The van der Waals surface area contributed by atoms with Crippen LogP contribution in [-0.2, 0) is 15.8 Å². The largest absolute Gasteiger partial charge is 0.416 e. The zero-order valence-corrected chi connectivity index (χ0v) is 12.9. The first-order valence-corrected chi connectivity index (χ1v) is 7.82. The lowest BCUT2D eigenvalue weighted by molar-refractivity contribution is -0.137. The molecule has 0 aliphatic carbocycles. The summed E-state index contributed by atoms with van der Waals surface area (Å²) in [6, 6.07) is 4.69. The molecule has 2 amide bonds. The van der Waals surface area contributed by atoms with Gasteiger partial charge in [-0.25, -0.2) is 0 Å². The first kappa shape index (κ1) is 16.8. The van der Waals surface area contributed by atoms with Gasteiger partial charge in [-0.3, -0.25) is 14.5 Å². The van der Waals surface area contributed by atoms with Crippen LogP contribution in [-0.4, -0.2) is 41.9 Å². The molecule has 2 atom stereocenters. The molecular formula is C16H18F3N3O2. The number of nitrogens with zero attached hydrogens (tertiary/aromatic N) is 1. The molecule has 2 bridgehead atoms. The molecule has 2 aliphatic heterocycles. The van der Waals surface area contributed by atoms with Crippen molar-refractivity contribution in [2.45, 2.75) is 37.5 Å². The number of carbonyl (C=O) groups is 2. The number of nitrogens with one attached hydrogen (secondary N) is 2. The highest BCUT2D eigenvalue weighted by atomic mass is 19.4. The summed E-state index contributed by atoms with van der Waals surface area (Å²) in [5, 5.41) is 5.33. The Labute approximate surface area is 137 Å². The smallest absolute Gasteiger partial charge is 0.354 e. The van der Waals surface area contributed by atoms with Crippen LogP contribution < -0.4 is 10.6 Å². The van der Waals surface area contributed by atoms with E-state index in [1.807, 2.05) is 4.90 Å². The normalized spacial score (nSPS) is 24.4. The van der Waals surface area contributed by atoms with Crippen molar-refractivity contribution in [2.24, 2.45) is 0 Å². The van der Waals surface area contributed by atoms with E-state index in [0.29, 0.717) is 13.0 Å². The van der Waals surface area contributed by atoms with Gasteiger partial charge in [0.25, 0.3) is 0 Å². The van der Waals surface area contributed by atoms with E-state index in [1.165, 1.54) is 12.1 Å². The van der Waals surface area contributed by atoms with Gasteiger partial charge >= 0.3 is 6.18 Å². The van der Waals surface area contributed by atoms with Crippen LogP contribution in [0, 0.1) is 0 Å². The zero-order chi connectivity index (χ0) is 17.3. The van der Waals surface area contributed by atoms with Gasteiger partial charge in [-0.15, -0.1) is 0 Å². The SMILES string of the molecule is O=C1CC2CCC(CN1)N2CC(=O)Nc1cccc(C(F)(F)F)c1. The topological polar surface area (TPSA) is 61.4 Å². The average Bonchev–Trinajstić information content (AvgIpc) is 2.77. The minimum atomic E-state index is -4.45. The highest BCUT2D eigenvalue weighted by Crippen LogP contribution is 2.31. The van der Waals surface area contributed by atoms with Crippen molar-refractivity contribution in [1.29, 1.82) is 0 Å². The van der Waals surface area contributed by atoms with Gasteiger partial charge in [0.2, 0.25) is 11.8 Å². The van der Waals surface area contributed by atoms with Gasteiger partial charge < -0.3 is 10.6 Å². The number of amides is 2. The van der Waals surface area contributed by atoms with Crippen molar-refractivity contribution in [2.75, 3.05) is 18.4 Å². The number of hydrogen-bond donors (Lipinski definition) is 2. The molecule has 130 valence electrons. The number of alkyl halides is 3. The molecule has 2 saturated heterocycles. The second kappa shape index (κ2) is 6.43. The molecule has 8 heteroatoms. The summed E-state index contributed by atoms with van der Waals surface area (Å²) in [5.41, 5.74) is -0.684. The fourth-order valence-corrected chi connectivity index (χ4v) is 3.37. The van der Waals surface area contributed by atoms with Crippen LogP contribution in [0.5, 0.6) is 0 Å². The summed E-state index contributed by atoms with van der Waals surface area (Å²) in [7, 11) is 0. The molecule has 1 aromatic carbocycles. The molecule has 0 aromatic heterocycles. The molecule has 24 heavy (non-hydrogen) atoms. The minimum absolute atomic E-state index is 0.0183. The molecule has 2 fully saturated rings. The summed E-state index contributed by atoms with van der Waals surface area (Å²) < 4.78 is 38.1. The van der Waals surface area contributed by atoms with Crippen LogP contribution in [0.15, 0.2) is 24.3 Å². The number of anilines is 1. The van der Waals surface area contributed by atoms with E-state index in [2.05, 4.69) is 10.6 Å². The molecule has 2 aliphatic rings.